The standard InChI is InChI=1S/C16H12N4O2/c21-16-20-19-15(9-22-16)11-1-2-13-12(7-11)8-14(18-13)10-3-5-17-6-4-10/h1-8,18H,9H2,(H,20,21). The van der Waals surface area contributed by atoms with E-state index in [0.717, 1.165) is 27.7 Å². The number of H-pyrrole nitrogens is 1. The van der Waals surface area contributed by atoms with E-state index in [2.05, 4.69) is 26.6 Å². The lowest BCUT2D eigenvalue weighted by Crippen LogP contribution is -2.30. The number of benzene rings is 1. The Hall–Kier alpha value is -3.15. The normalized spacial score (nSPS) is 14.4. The molecule has 0 saturated heterocycles. The van der Waals surface area contributed by atoms with Crippen molar-refractivity contribution >= 4 is 22.7 Å². The molecule has 2 aromatic heterocycles. The summed E-state index contributed by atoms with van der Waals surface area (Å²) in [5.74, 6) is 0. The Kier molecular flexibility index (Phi) is 2.86. The minimum absolute atomic E-state index is 0.180. The fourth-order valence-corrected chi connectivity index (χ4v) is 2.46. The zero-order valence-electron chi connectivity index (χ0n) is 11.5. The Morgan fingerprint density at radius 2 is 1.91 bits per heavy atom. The highest BCUT2D eigenvalue weighted by Gasteiger charge is 2.14. The molecule has 22 heavy (non-hydrogen) atoms. The molecular formula is C16H12N4O2. The Balaban J connectivity index is 1.74. The Bertz CT molecular complexity index is 884. The quantitative estimate of drug-likeness (QED) is 0.762. The molecule has 1 aromatic carbocycles. The molecule has 0 aliphatic carbocycles. The van der Waals surface area contributed by atoms with Crippen LogP contribution in [0.15, 0.2) is 53.9 Å². The van der Waals surface area contributed by atoms with Gasteiger partial charge in [-0.1, -0.05) is 6.07 Å². The highest BCUT2D eigenvalue weighted by molar-refractivity contribution is 6.06. The molecule has 1 amide bonds. The van der Waals surface area contributed by atoms with Crippen LogP contribution in [-0.4, -0.2) is 28.4 Å². The van der Waals surface area contributed by atoms with Crippen LogP contribution in [0.2, 0.25) is 0 Å². The maximum atomic E-state index is 11.0. The monoisotopic (exact) mass is 292 g/mol. The van der Waals surface area contributed by atoms with E-state index in [-0.39, 0.29) is 6.61 Å². The SMILES string of the molecule is O=C1NN=C(c2ccc3[nH]c(-c4ccncc4)cc3c2)CO1. The molecule has 3 heterocycles. The van der Waals surface area contributed by atoms with Crippen LogP contribution in [0.3, 0.4) is 0 Å². The van der Waals surface area contributed by atoms with Gasteiger partial charge in [-0.3, -0.25) is 4.98 Å². The zero-order chi connectivity index (χ0) is 14.9. The van der Waals surface area contributed by atoms with Gasteiger partial charge in [-0.05, 0) is 30.3 Å². The number of carbonyl (C=O) groups excluding carboxylic acids is 1. The molecule has 0 fully saturated rings. The first kappa shape index (κ1) is 12.6. The van der Waals surface area contributed by atoms with Crippen LogP contribution in [-0.2, 0) is 4.74 Å². The van der Waals surface area contributed by atoms with Crippen LogP contribution in [0.5, 0.6) is 0 Å². The van der Waals surface area contributed by atoms with E-state index in [9.17, 15) is 4.79 Å². The van der Waals surface area contributed by atoms with E-state index in [4.69, 9.17) is 4.74 Å². The van der Waals surface area contributed by atoms with E-state index in [1.807, 2.05) is 30.3 Å². The summed E-state index contributed by atoms with van der Waals surface area (Å²) in [4.78, 5) is 18.4. The van der Waals surface area contributed by atoms with Crippen molar-refractivity contribution in [3.63, 3.8) is 0 Å². The number of rotatable bonds is 2. The molecule has 0 saturated carbocycles. The van der Waals surface area contributed by atoms with Crippen molar-refractivity contribution in [1.82, 2.24) is 15.4 Å². The van der Waals surface area contributed by atoms with Gasteiger partial charge in [0.25, 0.3) is 0 Å². The molecule has 0 radical (unpaired) electrons. The Morgan fingerprint density at radius 3 is 2.68 bits per heavy atom. The van der Waals surface area contributed by atoms with Crippen LogP contribution >= 0.6 is 0 Å². The first-order valence-electron chi connectivity index (χ1n) is 6.82. The number of aromatic nitrogens is 2. The van der Waals surface area contributed by atoms with Gasteiger partial charge < -0.3 is 9.72 Å². The van der Waals surface area contributed by atoms with Crippen LogP contribution in [0.4, 0.5) is 4.79 Å². The molecule has 4 rings (SSSR count). The maximum Gasteiger partial charge on any atom is 0.428 e. The predicted molar refractivity (Wildman–Crippen MR) is 82.6 cm³/mol. The van der Waals surface area contributed by atoms with E-state index in [1.165, 1.54) is 0 Å². The summed E-state index contributed by atoms with van der Waals surface area (Å²) in [5, 5.41) is 5.10. The number of hydrogen-bond acceptors (Lipinski definition) is 4. The van der Waals surface area contributed by atoms with Crippen molar-refractivity contribution < 1.29 is 9.53 Å². The molecule has 1 aliphatic rings. The third-order valence-corrected chi connectivity index (χ3v) is 3.57. The minimum Gasteiger partial charge on any atom is -0.442 e. The van der Waals surface area contributed by atoms with Gasteiger partial charge in [0, 0.05) is 40.1 Å². The summed E-state index contributed by atoms with van der Waals surface area (Å²) in [6.45, 7) is 0.180. The second kappa shape index (κ2) is 5.00. The molecular weight excluding hydrogens is 280 g/mol. The van der Waals surface area contributed by atoms with Crippen LogP contribution in [0.1, 0.15) is 5.56 Å². The average Bonchev–Trinajstić information content (AvgIpc) is 2.99. The van der Waals surface area contributed by atoms with E-state index in [1.54, 1.807) is 12.4 Å². The van der Waals surface area contributed by atoms with Gasteiger partial charge in [-0.15, -0.1) is 0 Å². The molecule has 1 aliphatic heterocycles. The topological polar surface area (TPSA) is 79.4 Å². The van der Waals surface area contributed by atoms with Gasteiger partial charge in [0.05, 0.1) is 0 Å². The van der Waals surface area contributed by atoms with E-state index < -0.39 is 6.09 Å². The largest absolute Gasteiger partial charge is 0.442 e. The van der Waals surface area contributed by atoms with Gasteiger partial charge in [-0.2, -0.15) is 5.10 Å². The van der Waals surface area contributed by atoms with Crippen LogP contribution < -0.4 is 5.43 Å². The predicted octanol–water partition coefficient (Wildman–Crippen LogP) is 2.67. The number of nitrogens with one attached hydrogen (secondary N) is 2. The number of carbonyl (C=O) groups is 1. The lowest BCUT2D eigenvalue weighted by atomic mass is 10.1. The number of ether oxygens (including phenoxy) is 1. The van der Waals surface area contributed by atoms with Crippen molar-refractivity contribution in [3.05, 3.63) is 54.4 Å². The number of aromatic amines is 1. The van der Waals surface area contributed by atoms with E-state index >= 15 is 0 Å². The van der Waals surface area contributed by atoms with Crippen molar-refractivity contribution in [2.75, 3.05) is 6.61 Å². The lowest BCUT2D eigenvalue weighted by molar-refractivity contribution is 0.157. The van der Waals surface area contributed by atoms with Crippen molar-refractivity contribution in [1.29, 1.82) is 0 Å². The molecule has 3 aromatic rings. The second-order valence-electron chi connectivity index (χ2n) is 4.97. The minimum atomic E-state index is -0.522. The van der Waals surface area contributed by atoms with E-state index in [0.29, 0.717) is 5.71 Å². The molecule has 108 valence electrons. The number of amides is 1. The molecule has 0 spiro atoms. The average molecular weight is 292 g/mol. The number of hydrogen-bond donors (Lipinski definition) is 2. The summed E-state index contributed by atoms with van der Waals surface area (Å²) in [7, 11) is 0. The third-order valence-electron chi connectivity index (χ3n) is 3.57. The molecule has 0 unspecified atom stereocenters. The second-order valence-corrected chi connectivity index (χ2v) is 4.97. The summed E-state index contributed by atoms with van der Waals surface area (Å²) >= 11 is 0. The molecule has 0 bridgehead atoms. The van der Waals surface area contributed by atoms with Gasteiger partial charge >= 0.3 is 6.09 Å². The Morgan fingerprint density at radius 1 is 1.05 bits per heavy atom. The molecule has 6 nitrogen and oxygen atoms in total. The number of fused-ring (bicyclic) bond motifs is 1. The molecule has 0 atom stereocenters. The van der Waals surface area contributed by atoms with Gasteiger partial charge in [0.2, 0.25) is 0 Å². The van der Waals surface area contributed by atoms with Gasteiger partial charge in [-0.25, -0.2) is 10.2 Å². The molecule has 2 N–H and O–H groups in total. The number of cyclic esters (lactones) is 1. The number of pyridine rings is 1. The zero-order valence-corrected chi connectivity index (χ0v) is 11.5. The third kappa shape index (κ3) is 2.20. The maximum absolute atomic E-state index is 11.0. The highest BCUT2D eigenvalue weighted by atomic mass is 16.6. The summed E-state index contributed by atoms with van der Waals surface area (Å²) in [6.07, 6.45) is 3.01. The van der Waals surface area contributed by atoms with Crippen LogP contribution in [0, 0.1) is 0 Å². The molecule has 6 heteroatoms. The number of hydrazone groups is 1. The van der Waals surface area contributed by atoms with Gasteiger partial charge in [0.15, 0.2) is 0 Å². The summed E-state index contributed by atoms with van der Waals surface area (Å²) < 4.78 is 4.94. The first-order chi connectivity index (χ1) is 10.8. The van der Waals surface area contributed by atoms with Crippen LogP contribution in [0.25, 0.3) is 22.2 Å². The fraction of sp³-hybridized carbons (Fsp3) is 0.0625. The highest BCUT2D eigenvalue weighted by Crippen LogP contribution is 2.24. The summed E-state index contributed by atoms with van der Waals surface area (Å²) in [6, 6.07) is 12.0. The van der Waals surface area contributed by atoms with Crippen molar-refractivity contribution in [2.24, 2.45) is 5.10 Å². The smallest absolute Gasteiger partial charge is 0.428 e. The fourth-order valence-electron chi connectivity index (χ4n) is 2.46. The van der Waals surface area contributed by atoms with Crippen molar-refractivity contribution in [3.8, 4) is 11.3 Å². The van der Waals surface area contributed by atoms with Gasteiger partial charge in [0.1, 0.15) is 12.3 Å². The summed E-state index contributed by atoms with van der Waals surface area (Å²) in [5.41, 5.74) is 7.10. The number of nitrogens with zero attached hydrogens (tertiary/aromatic N) is 2. The lowest BCUT2D eigenvalue weighted by Gasteiger charge is -2.12. The van der Waals surface area contributed by atoms with Crippen molar-refractivity contribution in [2.45, 2.75) is 0 Å². The Labute approximate surface area is 125 Å². The first-order valence-corrected chi connectivity index (χ1v) is 6.82.